The summed E-state index contributed by atoms with van der Waals surface area (Å²) < 4.78 is 13.8. The van der Waals surface area contributed by atoms with Gasteiger partial charge < -0.3 is 0 Å². The van der Waals surface area contributed by atoms with Crippen molar-refractivity contribution in [1.82, 2.24) is 0 Å². The van der Waals surface area contributed by atoms with Crippen LogP contribution in [0.4, 0.5) is 0 Å². The minimum absolute atomic E-state index is 0.434. The Kier molecular flexibility index (Phi) is 4.34. The SMILES string of the molecule is COc1ccccc1-c1ccc(-c2ccccc2OC)[te]1. The van der Waals surface area contributed by atoms with Crippen molar-refractivity contribution in [2.75, 3.05) is 14.2 Å². The van der Waals surface area contributed by atoms with Crippen molar-refractivity contribution in [3.8, 4) is 29.8 Å². The molecule has 0 fully saturated rings. The molecule has 0 aliphatic heterocycles. The van der Waals surface area contributed by atoms with Crippen LogP contribution in [-0.4, -0.2) is 34.7 Å². The van der Waals surface area contributed by atoms with E-state index in [9.17, 15) is 0 Å². The van der Waals surface area contributed by atoms with Gasteiger partial charge in [-0.3, -0.25) is 0 Å². The monoisotopic (exact) mass is 394 g/mol. The fourth-order valence-electron chi connectivity index (χ4n) is 2.32. The molecule has 0 saturated heterocycles. The zero-order chi connectivity index (χ0) is 14.7. The summed E-state index contributed by atoms with van der Waals surface area (Å²) in [7, 11) is 3.45. The molecule has 3 heteroatoms. The molecule has 1 aromatic heterocycles. The molecule has 1 heterocycles. The topological polar surface area (TPSA) is 18.5 Å². The van der Waals surface area contributed by atoms with E-state index in [0.717, 1.165) is 11.5 Å². The molecule has 3 rings (SSSR count). The summed E-state index contributed by atoms with van der Waals surface area (Å²) in [6.45, 7) is 0. The van der Waals surface area contributed by atoms with Gasteiger partial charge in [0.25, 0.3) is 0 Å². The van der Waals surface area contributed by atoms with E-state index in [1.807, 2.05) is 24.3 Å². The van der Waals surface area contributed by atoms with E-state index in [1.54, 1.807) is 14.2 Å². The molecule has 0 bridgehead atoms. The summed E-state index contributed by atoms with van der Waals surface area (Å²) in [5.41, 5.74) is 2.42. The van der Waals surface area contributed by atoms with Crippen LogP contribution in [0.15, 0.2) is 60.7 Å². The zero-order valence-corrected chi connectivity index (χ0v) is 14.3. The van der Waals surface area contributed by atoms with Gasteiger partial charge in [0.15, 0.2) is 0 Å². The van der Waals surface area contributed by atoms with Gasteiger partial charge in [-0.15, -0.1) is 0 Å². The van der Waals surface area contributed by atoms with Gasteiger partial charge in [0, 0.05) is 0 Å². The first-order valence-corrected chi connectivity index (χ1v) is 9.03. The first-order valence-electron chi connectivity index (χ1n) is 6.70. The van der Waals surface area contributed by atoms with Crippen molar-refractivity contribution < 1.29 is 9.47 Å². The number of benzene rings is 2. The van der Waals surface area contributed by atoms with E-state index < -0.39 is 20.4 Å². The number of ether oxygens (including phenoxy) is 2. The number of methoxy groups -OCH3 is 2. The molecule has 0 unspecified atom stereocenters. The maximum atomic E-state index is 5.48. The molecule has 0 atom stereocenters. The zero-order valence-electron chi connectivity index (χ0n) is 12.0. The molecule has 2 aromatic carbocycles. The third-order valence-corrected chi connectivity index (χ3v) is 6.64. The van der Waals surface area contributed by atoms with Crippen molar-refractivity contribution in [2.24, 2.45) is 0 Å². The van der Waals surface area contributed by atoms with Crippen LogP contribution in [0.1, 0.15) is 0 Å². The van der Waals surface area contributed by atoms with E-state index in [1.165, 1.54) is 18.3 Å². The maximum absolute atomic E-state index is 5.48. The van der Waals surface area contributed by atoms with Gasteiger partial charge in [-0.25, -0.2) is 0 Å². The second kappa shape index (κ2) is 6.39. The quantitative estimate of drug-likeness (QED) is 0.623. The fraction of sp³-hybridized carbons (Fsp3) is 0.111. The summed E-state index contributed by atoms with van der Waals surface area (Å²) in [5, 5.41) is 0. The molecule has 2 nitrogen and oxygen atoms in total. The molecule has 0 amide bonds. The molecule has 0 spiro atoms. The Morgan fingerprint density at radius 3 is 1.48 bits per heavy atom. The molecular formula is C18H16O2Te. The molecule has 0 N–H and O–H groups in total. The third-order valence-electron chi connectivity index (χ3n) is 3.35. The average molecular weight is 392 g/mol. The summed E-state index contributed by atoms with van der Waals surface area (Å²) in [6.07, 6.45) is 0. The van der Waals surface area contributed by atoms with Gasteiger partial charge in [-0.05, 0) is 0 Å². The van der Waals surface area contributed by atoms with Crippen molar-refractivity contribution in [3.05, 3.63) is 60.7 Å². The van der Waals surface area contributed by atoms with Crippen molar-refractivity contribution in [2.45, 2.75) is 0 Å². The van der Waals surface area contributed by atoms with Gasteiger partial charge in [0.2, 0.25) is 0 Å². The van der Waals surface area contributed by atoms with Crippen LogP contribution in [0.2, 0.25) is 0 Å². The number of hydrogen-bond acceptors (Lipinski definition) is 2. The Balaban J connectivity index is 2.04. The Bertz CT molecular complexity index is 684. The van der Waals surface area contributed by atoms with Gasteiger partial charge in [-0.2, -0.15) is 0 Å². The van der Waals surface area contributed by atoms with Gasteiger partial charge in [0.1, 0.15) is 0 Å². The normalized spacial score (nSPS) is 10.4. The Labute approximate surface area is 134 Å². The summed E-state index contributed by atoms with van der Waals surface area (Å²) in [4.78, 5) is 0. The van der Waals surface area contributed by atoms with E-state index in [2.05, 4.69) is 36.4 Å². The average Bonchev–Trinajstić information content (AvgIpc) is 3.04. The first-order chi connectivity index (χ1) is 10.3. The van der Waals surface area contributed by atoms with Crippen LogP contribution in [0.3, 0.4) is 0 Å². The predicted octanol–water partition coefficient (Wildman–Crippen LogP) is 4.09. The molecule has 3 aromatic rings. The van der Waals surface area contributed by atoms with Gasteiger partial charge in [0.05, 0.1) is 0 Å². The minimum atomic E-state index is -0.434. The summed E-state index contributed by atoms with van der Waals surface area (Å²) in [6, 6.07) is 20.9. The van der Waals surface area contributed by atoms with Crippen LogP contribution in [0.5, 0.6) is 11.5 Å². The van der Waals surface area contributed by atoms with Gasteiger partial charge in [-0.1, -0.05) is 0 Å². The van der Waals surface area contributed by atoms with E-state index in [4.69, 9.17) is 9.47 Å². The Morgan fingerprint density at radius 1 is 0.619 bits per heavy atom. The van der Waals surface area contributed by atoms with Crippen LogP contribution in [-0.2, 0) is 0 Å². The number of hydrogen-bond donors (Lipinski definition) is 0. The molecule has 106 valence electrons. The van der Waals surface area contributed by atoms with E-state index in [-0.39, 0.29) is 0 Å². The molecule has 0 aliphatic rings. The number of rotatable bonds is 4. The second-order valence-electron chi connectivity index (χ2n) is 4.56. The van der Waals surface area contributed by atoms with Crippen molar-refractivity contribution in [1.29, 1.82) is 0 Å². The molecule has 0 radical (unpaired) electrons. The first kappa shape index (κ1) is 14.3. The summed E-state index contributed by atoms with van der Waals surface area (Å²) in [5.74, 6) is 1.90. The summed E-state index contributed by atoms with van der Waals surface area (Å²) >= 11 is -0.434. The molecular weight excluding hydrogens is 376 g/mol. The predicted molar refractivity (Wildman–Crippen MR) is 87.4 cm³/mol. The van der Waals surface area contributed by atoms with Gasteiger partial charge >= 0.3 is 135 Å². The number of para-hydroxylation sites is 2. The van der Waals surface area contributed by atoms with E-state index >= 15 is 0 Å². The standard InChI is InChI=1S/C18H16O2Te/c1-19-15-9-5-3-7-13(15)17-11-12-18(21-17)14-8-4-6-10-16(14)20-2/h3-12H,1-2H3. The Morgan fingerprint density at radius 2 is 1.05 bits per heavy atom. The van der Waals surface area contributed by atoms with Crippen molar-refractivity contribution in [3.63, 3.8) is 0 Å². The van der Waals surface area contributed by atoms with Crippen LogP contribution in [0.25, 0.3) is 18.3 Å². The van der Waals surface area contributed by atoms with Crippen LogP contribution in [0, 0.1) is 0 Å². The van der Waals surface area contributed by atoms with Crippen molar-refractivity contribution >= 4 is 20.4 Å². The Hall–Kier alpha value is -1.69. The fourth-order valence-corrected chi connectivity index (χ4v) is 5.37. The van der Waals surface area contributed by atoms with Crippen LogP contribution >= 0.6 is 0 Å². The van der Waals surface area contributed by atoms with E-state index in [0.29, 0.717) is 0 Å². The molecule has 0 aliphatic carbocycles. The third kappa shape index (κ3) is 2.85. The molecule has 21 heavy (non-hydrogen) atoms. The second-order valence-corrected chi connectivity index (χ2v) is 7.66. The molecule has 0 saturated carbocycles. The van der Waals surface area contributed by atoms with Crippen LogP contribution < -0.4 is 9.47 Å².